The minimum atomic E-state index is -3.62. The van der Waals surface area contributed by atoms with E-state index in [2.05, 4.69) is 12.4 Å². The Hall–Kier alpha value is -1.70. The van der Waals surface area contributed by atoms with E-state index >= 15 is 0 Å². The van der Waals surface area contributed by atoms with E-state index in [0.29, 0.717) is 30.9 Å². The predicted octanol–water partition coefficient (Wildman–Crippen LogP) is 1.47. The Morgan fingerprint density at radius 1 is 1.31 bits per heavy atom. The molecule has 1 aliphatic rings. The number of hydrogen-bond donors (Lipinski definition) is 1. The highest BCUT2D eigenvalue weighted by molar-refractivity contribution is 7.53. The number of rotatable bonds is 7. The fourth-order valence-corrected chi connectivity index (χ4v) is 3.48. The number of ether oxygens (including phenoxy) is 1. The summed E-state index contributed by atoms with van der Waals surface area (Å²) in [4.78, 5) is 36.8. The maximum Gasteiger partial charge on any atom is 0.335 e. The minimum Gasteiger partial charge on any atom is -0.438 e. The van der Waals surface area contributed by atoms with E-state index in [1.165, 1.54) is 0 Å². The second kappa shape index (κ2) is 7.90. The van der Waals surface area contributed by atoms with Gasteiger partial charge < -0.3 is 19.5 Å². The van der Waals surface area contributed by atoms with E-state index in [-0.39, 0.29) is 12.7 Å². The lowest BCUT2D eigenvalue weighted by molar-refractivity contribution is -0.159. The number of anilines is 2. The SMILES string of the molecule is [CH2]OP(=O)(CCN1CCCNc2c1c(=O)c2=O)OCOC(=O)C(C)(C)C. The number of hydrogen-bond acceptors (Lipinski definition) is 9. The normalized spacial score (nSPS) is 17.2. The second-order valence-corrected chi connectivity index (χ2v) is 9.23. The molecular formula is C16H24N2O7P. The van der Waals surface area contributed by atoms with Crippen LogP contribution in [0.4, 0.5) is 11.4 Å². The van der Waals surface area contributed by atoms with E-state index in [4.69, 9.17) is 13.8 Å². The average molecular weight is 387 g/mol. The van der Waals surface area contributed by atoms with Gasteiger partial charge in [0.2, 0.25) is 6.79 Å². The van der Waals surface area contributed by atoms with Crippen LogP contribution >= 0.6 is 7.60 Å². The van der Waals surface area contributed by atoms with Crippen molar-refractivity contribution in [3.05, 3.63) is 27.6 Å². The first-order valence-corrected chi connectivity index (χ1v) is 9.98. The van der Waals surface area contributed by atoms with Gasteiger partial charge in [-0.2, -0.15) is 0 Å². The van der Waals surface area contributed by atoms with Crippen LogP contribution in [0.15, 0.2) is 9.59 Å². The standard InChI is InChI=1S/C16H24N2O7P/c1-16(2,3)15(21)24-10-25-26(22,23-4)9-8-18-7-5-6-17-11-12(18)14(20)13(11)19/h17H,4-10H2,1-3H3. The molecule has 2 rings (SSSR count). The van der Waals surface area contributed by atoms with Crippen LogP contribution in [0.25, 0.3) is 0 Å². The number of carbonyl (C=O) groups excluding carboxylic acids is 1. The molecule has 1 radical (unpaired) electrons. The van der Waals surface area contributed by atoms with Crippen LogP contribution in [0.5, 0.6) is 0 Å². The van der Waals surface area contributed by atoms with E-state index in [1.54, 1.807) is 25.7 Å². The summed E-state index contributed by atoms with van der Waals surface area (Å²) in [7, 11) is -0.447. The maximum atomic E-state index is 12.6. The molecule has 0 amide bonds. The Morgan fingerprint density at radius 3 is 2.62 bits per heavy atom. The largest absolute Gasteiger partial charge is 0.438 e. The van der Waals surface area contributed by atoms with Gasteiger partial charge in [-0.25, -0.2) is 0 Å². The van der Waals surface area contributed by atoms with Gasteiger partial charge in [-0.05, 0) is 27.2 Å². The van der Waals surface area contributed by atoms with Gasteiger partial charge >= 0.3 is 13.6 Å². The first kappa shape index (κ1) is 20.6. The molecule has 0 saturated heterocycles. The van der Waals surface area contributed by atoms with Gasteiger partial charge in [0.1, 0.15) is 11.4 Å². The van der Waals surface area contributed by atoms with Crippen molar-refractivity contribution in [1.82, 2.24) is 0 Å². The molecule has 1 aromatic rings. The van der Waals surface area contributed by atoms with Crippen molar-refractivity contribution >= 4 is 24.9 Å². The number of nitrogens with one attached hydrogen (secondary N) is 1. The zero-order valence-corrected chi connectivity index (χ0v) is 16.1. The Bertz CT molecular complexity index is 776. The predicted molar refractivity (Wildman–Crippen MR) is 97.1 cm³/mol. The van der Waals surface area contributed by atoms with Gasteiger partial charge in [0, 0.05) is 19.6 Å². The molecule has 1 atom stereocenters. The van der Waals surface area contributed by atoms with Crippen LogP contribution in [-0.4, -0.2) is 38.6 Å². The monoisotopic (exact) mass is 387 g/mol. The molecule has 0 bridgehead atoms. The Labute approximate surface area is 151 Å². The smallest absolute Gasteiger partial charge is 0.335 e. The highest BCUT2D eigenvalue weighted by Gasteiger charge is 2.31. The lowest BCUT2D eigenvalue weighted by Crippen LogP contribution is -2.42. The number of carbonyl (C=O) groups is 1. The van der Waals surface area contributed by atoms with Crippen molar-refractivity contribution in [3.8, 4) is 0 Å². The average Bonchev–Trinajstić information content (AvgIpc) is 2.78. The van der Waals surface area contributed by atoms with Gasteiger partial charge in [0.15, 0.2) is 0 Å². The van der Waals surface area contributed by atoms with E-state index in [0.717, 1.165) is 0 Å². The van der Waals surface area contributed by atoms with Crippen molar-refractivity contribution in [2.45, 2.75) is 27.2 Å². The van der Waals surface area contributed by atoms with Crippen LogP contribution < -0.4 is 21.1 Å². The Kier molecular flexibility index (Phi) is 6.26. The van der Waals surface area contributed by atoms with E-state index in [1.807, 2.05) is 0 Å². The lowest BCUT2D eigenvalue weighted by Gasteiger charge is -2.26. The fourth-order valence-electron chi connectivity index (χ4n) is 2.45. The van der Waals surface area contributed by atoms with E-state index < -0.39 is 36.6 Å². The van der Waals surface area contributed by atoms with Gasteiger partial charge in [-0.3, -0.25) is 23.5 Å². The molecule has 1 unspecified atom stereocenters. The summed E-state index contributed by atoms with van der Waals surface area (Å²) in [6.45, 7) is 5.82. The molecule has 0 aromatic heterocycles. The molecule has 26 heavy (non-hydrogen) atoms. The van der Waals surface area contributed by atoms with Gasteiger partial charge in [-0.15, -0.1) is 0 Å². The molecule has 1 aliphatic heterocycles. The van der Waals surface area contributed by atoms with Gasteiger partial charge in [-0.1, -0.05) is 0 Å². The molecule has 0 spiro atoms. The summed E-state index contributed by atoms with van der Waals surface area (Å²) in [5.41, 5.74) is -1.19. The molecule has 1 heterocycles. The molecular weight excluding hydrogens is 363 g/mol. The third-order valence-electron chi connectivity index (χ3n) is 4.00. The van der Waals surface area contributed by atoms with Crippen molar-refractivity contribution in [2.75, 3.05) is 42.8 Å². The van der Waals surface area contributed by atoms with Gasteiger partial charge in [0.05, 0.1) is 18.7 Å². The lowest BCUT2D eigenvalue weighted by atomic mass is 9.98. The summed E-state index contributed by atoms with van der Waals surface area (Å²) in [6.07, 6.45) is 0.648. The summed E-state index contributed by atoms with van der Waals surface area (Å²) in [5.74, 6) is -0.500. The Balaban J connectivity index is 1.95. The zero-order chi connectivity index (χ0) is 19.5. The molecule has 0 saturated carbocycles. The molecule has 9 nitrogen and oxygen atoms in total. The van der Waals surface area contributed by atoms with Gasteiger partial charge in [0.25, 0.3) is 10.9 Å². The number of esters is 1. The summed E-state index contributed by atoms with van der Waals surface area (Å²) < 4.78 is 27.4. The highest BCUT2D eigenvalue weighted by atomic mass is 31.2. The van der Waals surface area contributed by atoms with Crippen LogP contribution in [0.2, 0.25) is 0 Å². The topological polar surface area (TPSA) is 111 Å². The van der Waals surface area contributed by atoms with Crippen molar-refractivity contribution in [2.24, 2.45) is 5.41 Å². The highest BCUT2D eigenvalue weighted by Crippen LogP contribution is 2.47. The van der Waals surface area contributed by atoms with Crippen molar-refractivity contribution in [1.29, 1.82) is 0 Å². The maximum absolute atomic E-state index is 12.6. The van der Waals surface area contributed by atoms with E-state index in [9.17, 15) is 18.9 Å². The third kappa shape index (κ3) is 4.52. The number of fused-ring (bicyclic) bond motifs is 1. The van der Waals surface area contributed by atoms with Crippen LogP contribution in [0, 0.1) is 12.5 Å². The second-order valence-electron chi connectivity index (χ2n) is 7.04. The molecule has 10 heteroatoms. The van der Waals surface area contributed by atoms with Crippen molar-refractivity contribution < 1.29 is 23.1 Å². The fraction of sp³-hybridized carbons (Fsp3) is 0.625. The Morgan fingerprint density at radius 2 is 2.00 bits per heavy atom. The summed E-state index contributed by atoms with van der Waals surface area (Å²) in [5, 5.41) is 2.93. The van der Waals surface area contributed by atoms with Crippen LogP contribution in [0.3, 0.4) is 0 Å². The first-order chi connectivity index (χ1) is 12.1. The van der Waals surface area contributed by atoms with Crippen molar-refractivity contribution in [3.63, 3.8) is 0 Å². The van der Waals surface area contributed by atoms with Crippen LogP contribution in [-0.2, 0) is 23.1 Å². The summed E-state index contributed by atoms with van der Waals surface area (Å²) >= 11 is 0. The molecule has 0 aliphatic carbocycles. The molecule has 1 N–H and O–H groups in total. The first-order valence-electron chi connectivity index (χ1n) is 8.26. The minimum absolute atomic E-state index is 0.0676. The molecule has 0 fully saturated rings. The third-order valence-corrected chi connectivity index (χ3v) is 5.64. The zero-order valence-electron chi connectivity index (χ0n) is 15.2. The van der Waals surface area contributed by atoms with Crippen LogP contribution in [0.1, 0.15) is 27.2 Å². The molecule has 1 aromatic carbocycles. The number of nitrogens with zero attached hydrogens (tertiary/aromatic N) is 1. The quantitative estimate of drug-likeness (QED) is 0.322. The molecule has 145 valence electrons. The summed E-state index contributed by atoms with van der Waals surface area (Å²) in [6, 6.07) is 0.